The number of rotatable bonds is 7. The lowest BCUT2D eigenvalue weighted by molar-refractivity contribution is -0.146. The van der Waals surface area contributed by atoms with Crippen LogP contribution in [0.3, 0.4) is 0 Å². The van der Waals surface area contributed by atoms with Crippen molar-refractivity contribution in [2.75, 3.05) is 18.5 Å². The van der Waals surface area contributed by atoms with Crippen molar-refractivity contribution >= 4 is 17.6 Å². The molecule has 0 saturated carbocycles. The van der Waals surface area contributed by atoms with E-state index in [4.69, 9.17) is 9.47 Å². The van der Waals surface area contributed by atoms with Gasteiger partial charge in [0.1, 0.15) is 5.75 Å². The molecule has 24 heavy (non-hydrogen) atoms. The van der Waals surface area contributed by atoms with E-state index in [1.165, 1.54) is 0 Å². The Morgan fingerprint density at radius 3 is 2.50 bits per heavy atom. The highest BCUT2D eigenvalue weighted by Crippen LogP contribution is 2.23. The zero-order valence-corrected chi connectivity index (χ0v) is 13.9. The van der Waals surface area contributed by atoms with Crippen molar-refractivity contribution in [1.29, 1.82) is 0 Å². The Morgan fingerprint density at radius 2 is 1.75 bits per heavy atom. The average molecular weight is 327 g/mol. The maximum atomic E-state index is 11.9. The van der Waals surface area contributed by atoms with E-state index in [-0.39, 0.29) is 13.0 Å². The number of carbonyl (C=O) groups excluding carboxylic acids is 2. The van der Waals surface area contributed by atoms with Crippen molar-refractivity contribution in [3.05, 3.63) is 59.7 Å². The van der Waals surface area contributed by atoms with Gasteiger partial charge in [-0.2, -0.15) is 0 Å². The predicted octanol–water partition coefficient (Wildman–Crippen LogP) is 3.12. The molecule has 0 spiro atoms. The van der Waals surface area contributed by atoms with Gasteiger partial charge in [-0.3, -0.25) is 9.59 Å². The molecule has 5 heteroatoms. The fourth-order valence-electron chi connectivity index (χ4n) is 2.20. The molecule has 2 rings (SSSR count). The Kier molecular flexibility index (Phi) is 6.37. The molecule has 0 aromatic heterocycles. The summed E-state index contributed by atoms with van der Waals surface area (Å²) in [6.45, 7) is 3.97. The van der Waals surface area contributed by atoms with E-state index in [0.717, 1.165) is 11.1 Å². The Morgan fingerprint density at radius 1 is 1.04 bits per heavy atom. The number of benzene rings is 2. The molecular weight excluding hydrogens is 306 g/mol. The maximum absolute atomic E-state index is 11.9. The number of ether oxygens (including phenoxy) is 2. The van der Waals surface area contributed by atoms with Gasteiger partial charge >= 0.3 is 5.97 Å². The molecule has 2 aromatic rings. The Labute approximate surface area is 141 Å². The number of carbonyl (C=O) groups is 2. The van der Waals surface area contributed by atoms with E-state index >= 15 is 0 Å². The van der Waals surface area contributed by atoms with Crippen molar-refractivity contribution in [2.45, 2.75) is 20.3 Å². The monoisotopic (exact) mass is 327 g/mol. The quantitative estimate of drug-likeness (QED) is 0.794. The van der Waals surface area contributed by atoms with E-state index in [9.17, 15) is 9.59 Å². The maximum Gasteiger partial charge on any atom is 0.310 e. The number of amides is 1. The molecule has 0 aliphatic rings. The van der Waals surface area contributed by atoms with Gasteiger partial charge in [-0.25, -0.2) is 0 Å². The van der Waals surface area contributed by atoms with Crippen molar-refractivity contribution in [3.63, 3.8) is 0 Å². The molecule has 0 aliphatic carbocycles. The highest BCUT2D eigenvalue weighted by molar-refractivity contribution is 5.94. The van der Waals surface area contributed by atoms with Gasteiger partial charge in [-0.1, -0.05) is 36.4 Å². The number of esters is 1. The van der Waals surface area contributed by atoms with Crippen LogP contribution in [0.1, 0.15) is 18.1 Å². The molecule has 0 bridgehead atoms. The Bertz CT molecular complexity index is 712. The summed E-state index contributed by atoms with van der Waals surface area (Å²) in [5, 5.41) is 2.68. The summed E-state index contributed by atoms with van der Waals surface area (Å²) < 4.78 is 10.5. The van der Waals surface area contributed by atoms with Gasteiger partial charge in [0.25, 0.3) is 5.91 Å². The predicted molar refractivity (Wildman–Crippen MR) is 92.1 cm³/mol. The van der Waals surface area contributed by atoms with Crippen LogP contribution < -0.4 is 10.1 Å². The molecule has 126 valence electrons. The molecule has 2 aromatic carbocycles. The molecule has 0 radical (unpaired) electrons. The Hall–Kier alpha value is -2.82. The smallest absolute Gasteiger partial charge is 0.310 e. The van der Waals surface area contributed by atoms with Gasteiger partial charge in [0.05, 0.1) is 18.7 Å². The van der Waals surface area contributed by atoms with Crippen molar-refractivity contribution in [3.8, 4) is 5.75 Å². The second kappa shape index (κ2) is 8.72. The first-order chi connectivity index (χ1) is 11.6. The molecule has 0 fully saturated rings. The highest BCUT2D eigenvalue weighted by Gasteiger charge is 2.11. The molecule has 1 N–H and O–H groups in total. The minimum Gasteiger partial charge on any atom is -0.492 e. The lowest BCUT2D eigenvalue weighted by Crippen LogP contribution is -2.22. The molecule has 0 saturated heterocycles. The van der Waals surface area contributed by atoms with Gasteiger partial charge in [0, 0.05) is 0 Å². The van der Waals surface area contributed by atoms with Crippen LogP contribution in [0.2, 0.25) is 0 Å². The Balaban J connectivity index is 1.85. The first-order valence-electron chi connectivity index (χ1n) is 7.82. The fraction of sp³-hybridized carbons (Fsp3) is 0.263. The number of hydrogen-bond acceptors (Lipinski definition) is 4. The van der Waals surface area contributed by atoms with Crippen molar-refractivity contribution < 1.29 is 19.1 Å². The molecule has 0 unspecified atom stereocenters. The number of nitrogens with one attached hydrogen (secondary N) is 1. The van der Waals surface area contributed by atoms with Crippen LogP contribution in [-0.4, -0.2) is 25.1 Å². The summed E-state index contributed by atoms with van der Waals surface area (Å²) >= 11 is 0. The van der Waals surface area contributed by atoms with Gasteiger partial charge in [0.2, 0.25) is 0 Å². The van der Waals surface area contributed by atoms with Crippen LogP contribution in [0.25, 0.3) is 0 Å². The van der Waals surface area contributed by atoms with E-state index < -0.39 is 11.9 Å². The topological polar surface area (TPSA) is 64.6 Å². The van der Waals surface area contributed by atoms with E-state index in [1.54, 1.807) is 18.2 Å². The summed E-state index contributed by atoms with van der Waals surface area (Å²) in [6.07, 6.45) is 0.148. The van der Waals surface area contributed by atoms with Crippen LogP contribution in [0.5, 0.6) is 5.75 Å². The van der Waals surface area contributed by atoms with Crippen LogP contribution in [0, 0.1) is 6.92 Å². The molecule has 0 heterocycles. The lowest BCUT2D eigenvalue weighted by Gasteiger charge is -2.11. The minimum absolute atomic E-state index is 0.148. The first-order valence-corrected chi connectivity index (χ1v) is 7.82. The summed E-state index contributed by atoms with van der Waals surface area (Å²) in [5.41, 5.74) is 2.47. The minimum atomic E-state index is -0.433. The van der Waals surface area contributed by atoms with Crippen LogP contribution in [-0.2, 0) is 20.7 Å². The molecule has 0 aliphatic heterocycles. The number of para-hydroxylation sites is 2. The third kappa shape index (κ3) is 5.12. The molecule has 0 atom stereocenters. The van der Waals surface area contributed by atoms with E-state index in [1.807, 2.05) is 44.2 Å². The summed E-state index contributed by atoms with van der Waals surface area (Å²) in [5.74, 6) is -0.252. The second-order valence-corrected chi connectivity index (χ2v) is 5.24. The van der Waals surface area contributed by atoms with Crippen molar-refractivity contribution in [1.82, 2.24) is 0 Å². The first kappa shape index (κ1) is 17.5. The highest BCUT2D eigenvalue weighted by atomic mass is 16.5. The third-order valence-electron chi connectivity index (χ3n) is 3.42. The van der Waals surface area contributed by atoms with Gasteiger partial charge in [0.15, 0.2) is 6.61 Å². The number of hydrogen-bond donors (Lipinski definition) is 1. The zero-order chi connectivity index (χ0) is 17.4. The van der Waals surface area contributed by atoms with E-state index in [2.05, 4.69) is 5.32 Å². The van der Waals surface area contributed by atoms with Crippen LogP contribution >= 0.6 is 0 Å². The summed E-state index contributed by atoms with van der Waals surface area (Å²) in [7, 11) is 0. The average Bonchev–Trinajstić information content (AvgIpc) is 2.57. The SMILES string of the molecule is CCOc1ccccc1NC(=O)COC(=O)Cc1ccccc1C. The standard InChI is InChI=1S/C19H21NO4/c1-3-23-17-11-7-6-10-16(17)20-18(21)13-24-19(22)12-15-9-5-4-8-14(15)2/h4-11H,3,12-13H2,1-2H3,(H,20,21). The van der Waals surface area contributed by atoms with Crippen LogP contribution in [0.15, 0.2) is 48.5 Å². The number of anilines is 1. The normalized spacial score (nSPS) is 10.1. The number of aryl methyl sites for hydroxylation is 1. The van der Waals surface area contributed by atoms with Gasteiger partial charge in [-0.15, -0.1) is 0 Å². The third-order valence-corrected chi connectivity index (χ3v) is 3.42. The fourth-order valence-corrected chi connectivity index (χ4v) is 2.20. The van der Waals surface area contributed by atoms with E-state index in [0.29, 0.717) is 18.0 Å². The van der Waals surface area contributed by atoms with Gasteiger partial charge in [-0.05, 0) is 37.1 Å². The molecule has 5 nitrogen and oxygen atoms in total. The van der Waals surface area contributed by atoms with Crippen LogP contribution in [0.4, 0.5) is 5.69 Å². The lowest BCUT2D eigenvalue weighted by atomic mass is 10.1. The zero-order valence-electron chi connectivity index (χ0n) is 13.9. The summed E-state index contributed by atoms with van der Waals surface area (Å²) in [6, 6.07) is 14.7. The van der Waals surface area contributed by atoms with Gasteiger partial charge < -0.3 is 14.8 Å². The molecule has 1 amide bonds. The summed E-state index contributed by atoms with van der Waals surface area (Å²) in [4.78, 5) is 23.8. The largest absolute Gasteiger partial charge is 0.492 e. The second-order valence-electron chi connectivity index (χ2n) is 5.24. The molecular formula is C19H21NO4. The van der Waals surface area contributed by atoms with Crippen molar-refractivity contribution in [2.24, 2.45) is 0 Å².